The second-order valence-electron chi connectivity index (χ2n) is 6.09. The Bertz CT molecular complexity index is 417. The van der Waals surface area contributed by atoms with Gasteiger partial charge in [0.2, 0.25) is 0 Å². The minimum atomic E-state index is -0.0922. The van der Waals surface area contributed by atoms with Crippen LogP contribution in [0.15, 0.2) is 24.3 Å². The molecule has 0 saturated heterocycles. The van der Waals surface area contributed by atoms with Crippen molar-refractivity contribution in [3.05, 3.63) is 35.6 Å². The van der Waals surface area contributed by atoms with Crippen molar-refractivity contribution in [3.8, 4) is 0 Å². The molecule has 2 fully saturated rings. The number of nitrogens with one attached hydrogen (secondary N) is 1. The van der Waals surface area contributed by atoms with Crippen LogP contribution in [0.3, 0.4) is 0 Å². The summed E-state index contributed by atoms with van der Waals surface area (Å²) in [5.74, 6) is 2.67. The first kappa shape index (κ1) is 12.2. The number of rotatable bonds is 4. The summed E-state index contributed by atoms with van der Waals surface area (Å²) in [5.41, 5.74) is 0.792. The van der Waals surface area contributed by atoms with E-state index in [1.54, 1.807) is 12.1 Å². The van der Waals surface area contributed by atoms with E-state index in [1.807, 2.05) is 12.1 Å². The van der Waals surface area contributed by atoms with Crippen molar-refractivity contribution in [2.24, 2.45) is 17.8 Å². The molecule has 3 rings (SSSR count). The lowest BCUT2D eigenvalue weighted by molar-refractivity contribution is 0.308. The highest BCUT2D eigenvalue weighted by atomic mass is 19.1. The van der Waals surface area contributed by atoms with Crippen molar-refractivity contribution >= 4 is 0 Å². The van der Waals surface area contributed by atoms with Gasteiger partial charge in [-0.2, -0.15) is 0 Å². The third-order valence-corrected chi connectivity index (χ3v) is 4.94. The Kier molecular flexibility index (Phi) is 3.38. The van der Waals surface area contributed by atoms with Crippen LogP contribution in [-0.4, -0.2) is 6.54 Å². The van der Waals surface area contributed by atoms with Crippen LogP contribution in [0.4, 0.5) is 4.39 Å². The predicted octanol–water partition coefficient (Wildman–Crippen LogP) is 3.91. The molecule has 0 aliphatic heterocycles. The molecule has 0 aromatic heterocycles. The summed E-state index contributed by atoms with van der Waals surface area (Å²) in [5, 5.41) is 3.53. The van der Waals surface area contributed by atoms with Gasteiger partial charge in [-0.05, 0) is 56.6 Å². The predicted molar refractivity (Wildman–Crippen MR) is 71.8 cm³/mol. The van der Waals surface area contributed by atoms with Crippen LogP contribution < -0.4 is 5.32 Å². The van der Waals surface area contributed by atoms with Crippen molar-refractivity contribution in [1.29, 1.82) is 0 Å². The first-order valence-corrected chi connectivity index (χ1v) is 7.22. The van der Waals surface area contributed by atoms with Gasteiger partial charge in [0.1, 0.15) is 5.82 Å². The highest BCUT2D eigenvalue weighted by molar-refractivity contribution is 5.20. The molecule has 0 radical (unpaired) electrons. The monoisotopic (exact) mass is 247 g/mol. The number of halogens is 1. The lowest BCUT2D eigenvalue weighted by Gasteiger charge is -2.24. The van der Waals surface area contributed by atoms with E-state index in [0.717, 1.165) is 29.9 Å². The topological polar surface area (TPSA) is 12.0 Å². The molecule has 98 valence electrons. The van der Waals surface area contributed by atoms with Gasteiger partial charge in [0, 0.05) is 11.6 Å². The molecule has 2 aliphatic rings. The summed E-state index contributed by atoms with van der Waals surface area (Å²) in [6, 6.07) is 7.21. The second kappa shape index (κ2) is 5.00. The van der Waals surface area contributed by atoms with E-state index in [-0.39, 0.29) is 11.9 Å². The standard InChI is InChI=1S/C16H22FN/c1-11(15-4-2-3-5-16(15)17)18-10-14-9-12-6-7-13(14)8-12/h2-5,11-14,18H,6-10H2,1H3/t11-,12?,13?,14?/m1/s1. The summed E-state index contributed by atoms with van der Waals surface area (Å²) in [4.78, 5) is 0. The summed E-state index contributed by atoms with van der Waals surface area (Å²) < 4.78 is 13.7. The Morgan fingerprint density at radius 2 is 2.11 bits per heavy atom. The molecule has 2 saturated carbocycles. The second-order valence-corrected chi connectivity index (χ2v) is 6.09. The van der Waals surface area contributed by atoms with E-state index >= 15 is 0 Å². The molecule has 2 bridgehead atoms. The molecule has 2 aliphatic carbocycles. The fourth-order valence-corrected chi connectivity index (χ4v) is 3.89. The third kappa shape index (κ3) is 2.31. The van der Waals surface area contributed by atoms with Crippen LogP contribution in [0.25, 0.3) is 0 Å². The van der Waals surface area contributed by atoms with Crippen molar-refractivity contribution in [3.63, 3.8) is 0 Å². The van der Waals surface area contributed by atoms with Crippen LogP contribution >= 0.6 is 0 Å². The van der Waals surface area contributed by atoms with Gasteiger partial charge in [-0.3, -0.25) is 0 Å². The first-order chi connectivity index (χ1) is 8.74. The summed E-state index contributed by atoms with van der Waals surface area (Å²) in [6.45, 7) is 3.11. The van der Waals surface area contributed by atoms with Gasteiger partial charge in [-0.1, -0.05) is 24.6 Å². The molecule has 1 aromatic carbocycles. The van der Waals surface area contributed by atoms with Crippen molar-refractivity contribution in [2.45, 2.75) is 38.6 Å². The zero-order chi connectivity index (χ0) is 12.5. The van der Waals surface area contributed by atoms with Gasteiger partial charge in [-0.25, -0.2) is 4.39 Å². The van der Waals surface area contributed by atoms with Crippen molar-refractivity contribution < 1.29 is 4.39 Å². The number of hydrogen-bond acceptors (Lipinski definition) is 1. The maximum Gasteiger partial charge on any atom is 0.127 e. The molecule has 0 spiro atoms. The van der Waals surface area contributed by atoms with Gasteiger partial charge in [0.25, 0.3) is 0 Å². The third-order valence-electron chi connectivity index (χ3n) is 4.94. The normalized spacial score (nSPS) is 31.8. The minimum absolute atomic E-state index is 0.0922. The van der Waals surface area contributed by atoms with Crippen LogP contribution in [0.2, 0.25) is 0 Å². The van der Waals surface area contributed by atoms with Crippen molar-refractivity contribution in [2.75, 3.05) is 6.54 Å². The Labute approximate surface area is 109 Å². The van der Waals surface area contributed by atoms with Gasteiger partial charge >= 0.3 is 0 Å². The van der Waals surface area contributed by atoms with Crippen LogP contribution in [0.1, 0.15) is 44.2 Å². The number of benzene rings is 1. The number of fused-ring (bicyclic) bond motifs is 2. The molecule has 4 atom stereocenters. The molecule has 0 amide bonds. The molecule has 1 aromatic rings. The van der Waals surface area contributed by atoms with Crippen LogP contribution in [0, 0.1) is 23.6 Å². The smallest absolute Gasteiger partial charge is 0.127 e. The van der Waals surface area contributed by atoms with Gasteiger partial charge in [0.05, 0.1) is 0 Å². The molecule has 3 unspecified atom stereocenters. The first-order valence-electron chi connectivity index (χ1n) is 7.22. The highest BCUT2D eigenvalue weighted by Crippen LogP contribution is 2.48. The lowest BCUT2D eigenvalue weighted by atomic mass is 9.88. The Morgan fingerprint density at radius 1 is 1.28 bits per heavy atom. The molecule has 1 nitrogen and oxygen atoms in total. The highest BCUT2D eigenvalue weighted by Gasteiger charge is 2.39. The molecular weight excluding hydrogens is 225 g/mol. The fourth-order valence-electron chi connectivity index (χ4n) is 3.89. The average Bonchev–Trinajstić information content (AvgIpc) is 2.98. The Hall–Kier alpha value is -0.890. The van der Waals surface area contributed by atoms with E-state index in [1.165, 1.54) is 25.7 Å². The summed E-state index contributed by atoms with van der Waals surface area (Å²) >= 11 is 0. The summed E-state index contributed by atoms with van der Waals surface area (Å²) in [7, 11) is 0. The van der Waals surface area contributed by atoms with Crippen LogP contribution in [0.5, 0.6) is 0 Å². The van der Waals surface area contributed by atoms with Crippen LogP contribution in [-0.2, 0) is 0 Å². The number of hydrogen-bond donors (Lipinski definition) is 1. The molecular formula is C16H22FN. The zero-order valence-corrected chi connectivity index (χ0v) is 11.0. The lowest BCUT2D eigenvalue weighted by Crippen LogP contribution is -2.29. The maximum atomic E-state index is 13.7. The summed E-state index contributed by atoms with van der Waals surface area (Å²) in [6.07, 6.45) is 5.71. The van der Waals surface area contributed by atoms with E-state index in [9.17, 15) is 4.39 Å². The zero-order valence-electron chi connectivity index (χ0n) is 11.0. The maximum absolute atomic E-state index is 13.7. The molecule has 1 N–H and O–H groups in total. The Balaban J connectivity index is 1.56. The SMILES string of the molecule is C[C@@H](NCC1CC2CCC1C2)c1ccccc1F. The van der Waals surface area contributed by atoms with E-state index in [0.29, 0.717) is 0 Å². The Morgan fingerprint density at radius 3 is 2.78 bits per heavy atom. The molecule has 0 heterocycles. The van der Waals surface area contributed by atoms with Gasteiger partial charge in [-0.15, -0.1) is 0 Å². The largest absolute Gasteiger partial charge is 0.310 e. The fraction of sp³-hybridized carbons (Fsp3) is 0.625. The van der Waals surface area contributed by atoms with Crippen molar-refractivity contribution in [1.82, 2.24) is 5.32 Å². The van der Waals surface area contributed by atoms with Gasteiger partial charge in [0.15, 0.2) is 0 Å². The minimum Gasteiger partial charge on any atom is -0.310 e. The molecule has 2 heteroatoms. The van der Waals surface area contributed by atoms with E-state index in [4.69, 9.17) is 0 Å². The van der Waals surface area contributed by atoms with Gasteiger partial charge < -0.3 is 5.32 Å². The quantitative estimate of drug-likeness (QED) is 0.850. The van der Waals surface area contributed by atoms with E-state index < -0.39 is 0 Å². The van der Waals surface area contributed by atoms with E-state index in [2.05, 4.69) is 12.2 Å². The molecule has 18 heavy (non-hydrogen) atoms. The average molecular weight is 247 g/mol.